The highest BCUT2D eigenvalue weighted by atomic mass is 14.4. The highest BCUT2D eigenvalue weighted by molar-refractivity contribution is 6.00. The molecule has 0 N–H and O–H groups in total. The Balaban J connectivity index is 1.01. The lowest BCUT2D eigenvalue weighted by atomic mass is 9.77. The second-order valence-electron chi connectivity index (χ2n) is 24.2. The van der Waals surface area contributed by atoms with E-state index in [1.807, 2.05) is 0 Å². The Morgan fingerprint density at radius 2 is 0.742 bits per heavy atom. The molecule has 10 rings (SSSR count). The van der Waals surface area contributed by atoms with E-state index in [0.717, 1.165) is 12.8 Å². The monoisotopic (exact) mass is 863 g/mol. The van der Waals surface area contributed by atoms with Gasteiger partial charge in [-0.15, -0.1) is 0 Å². The average molecular weight is 863 g/mol. The van der Waals surface area contributed by atoms with Crippen LogP contribution in [0.5, 0.6) is 0 Å². The molecule has 0 atom stereocenters. The van der Waals surface area contributed by atoms with Crippen molar-refractivity contribution >= 4 is 21.5 Å². The molecule has 0 fully saturated rings. The third-order valence-electron chi connectivity index (χ3n) is 15.3. The summed E-state index contributed by atoms with van der Waals surface area (Å²) in [6, 6.07) is 52.9. The van der Waals surface area contributed by atoms with Crippen molar-refractivity contribution in [3.8, 4) is 55.6 Å². The van der Waals surface area contributed by atoms with Gasteiger partial charge in [0.2, 0.25) is 0 Å². The topological polar surface area (TPSA) is 0 Å². The fourth-order valence-electron chi connectivity index (χ4n) is 11.5. The number of hydrogen-bond acceptors (Lipinski definition) is 0. The molecule has 0 aliphatic heterocycles. The van der Waals surface area contributed by atoms with Gasteiger partial charge in [0.25, 0.3) is 0 Å². The second kappa shape index (κ2) is 15.4. The summed E-state index contributed by atoms with van der Waals surface area (Å²) in [6.45, 7) is 33.1. The van der Waals surface area contributed by atoms with E-state index in [1.165, 1.54) is 122 Å². The van der Waals surface area contributed by atoms with Crippen LogP contribution in [0.25, 0.3) is 77.2 Å². The molecule has 0 heterocycles. The highest BCUT2D eigenvalue weighted by Crippen LogP contribution is 2.55. The van der Waals surface area contributed by atoms with Crippen molar-refractivity contribution in [3.63, 3.8) is 0 Å². The first kappa shape index (κ1) is 44.1. The molecule has 8 aromatic rings. The lowest BCUT2D eigenvalue weighted by molar-refractivity contribution is 0.584. The zero-order chi connectivity index (χ0) is 46.8. The Morgan fingerprint density at radius 1 is 0.348 bits per heavy atom. The predicted molar refractivity (Wildman–Crippen MR) is 287 cm³/mol. The number of rotatable bonds is 7. The van der Waals surface area contributed by atoms with Gasteiger partial charge in [-0.05, 0) is 188 Å². The van der Waals surface area contributed by atoms with Crippen LogP contribution in [0.4, 0.5) is 0 Å². The van der Waals surface area contributed by atoms with Gasteiger partial charge in [-0.25, -0.2) is 0 Å². The number of benzene rings is 8. The zero-order valence-electron chi connectivity index (χ0n) is 42.3. The predicted octanol–water partition coefficient (Wildman–Crippen LogP) is 18.6. The molecule has 66 heavy (non-hydrogen) atoms. The Morgan fingerprint density at radius 3 is 1.24 bits per heavy atom. The van der Waals surface area contributed by atoms with Crippen molar-refractivity contribution in [1.29, 1.82) is 0 Å². The van der Waals surface area contributed by atoms with Gasteiger partial charge in [0.05, 0.1) is 0 Å². The largest absolute Gasteiger partial charge is 0.0625 e. The molecule has 334 valence electrons. The van der Waals surface area contributed by atoms with Gasteiger partial charge in [0.15, 0.2) is 0 Å². The van der Waals surface area contributed by atoms with Crippen molar-refractivity contribution in [2.45, 2.75) is 131 Å². The average Bonchev–Trinajstić information content (AvgIpc) is 3.62. The summed E-state index contributed by atoms with van der Waals surface area (Å²) in [5.74, 6) is 1.22. The van der Waals surface area contributed by atoms with Gasteiger partial charge in [0.1, 0.15) is 0 Å². The first-order valence-corrected chi connectivity index (χ1v) is 24.8. The van der Waals surface area contributed by atoms with Crippen molar-refractivity contribution in [1.82, 2.24) is 0 Å². The third kappa shape index (κ3) is 7.44. The van der Waals surface area contributed by atoms with Gasteiger partial charge < -0.3 is 0 Å². The first-order valence-electron chi connectivity index (χ1n) is 24.8. The molecule has 0 aromatic heterocycles. The Hall–Kier alpha value is -5.72. The summed E-state index contributed by atoms with van der Waals surface area (Å²) in [7, 11) is 0. The molecule has 0 bridgehead atoms. The molecule has 0 saturated carbocycles. The second-order valence-corrected chi connectivity index (χ2v) is 24.2. The smallest absolute Gasteiger partial charge is 0.0159 e. The molecule has 0 radical (unpaired) electrons. The van der Waals surface area contributed by atoms with Crippen LogP contribution in [0.3, 0.4) is 0 Å². The minimum atomic E-state index is -0.0702. The van der Waals surface area contributed by atoms with Gasteiger partial charge in [-0.3, -0.25) is 0 Å². The van der Waals surface area contributed by atoms with Crippen molar-refractivity contribution in [2.75, 3.05) is 0 Å². The van der Waals surface area contributed by atoms with Crippen LogP contribution in [0.15, 0.2) is 133 Å². The summed E-state index contributed by atoms with van der Waals surface area (Å²) >= 11 is 0. The molecule has 0 saturated heterocycles. The van der Waals surface area contributed by atoms with Crippen LogP contribution < -0.4 is 0 Å². The lowest BCUT2D eigenvalue weighted by Gasteiger charge is -2.27. The standard InChI is InChI=1S/C66H70/c1-39(2)27-41-15-25-53-57(30-41)65(11,12)60-38-52(64(8,9)10)36-56(62(53)60)50-23-21-46-33-44(17-19-48(46)35-50)43-16-18-47-34-49(22-20-45(47)32-43)55-29-42(28-40(3)4)31-59-61(55)54-26-24-51(63(5,6)7)37-58(54)66(59,13)14/h15-26,29-40H,27-28H2,1-14H3. The molecule has 8 aromatic carbocycles. The number of hydrogen-bond donors (Lipinski definition) is 0. The maximum Gasteiger partial charge on any atom is 0.0159 e. The van der Waals surface area contributed by atoms with Gasteiger partial charge in [-0.2, -0.15) is 0 Å². The van der Waals surface area contributed by atoms with Crippen molar-refractivity contribution in [2.24, 2.45) is 11.8 Å². The molecule has 0 spiro atoms. The van der Waals surface area contributed by atoms with Gasteiger partial charge in [0, 0.05) is 10.8 Å². The van der Waals surface area contributed by atoms with E-state index in [4.69, 9.17) is 0 Å². The molecule has 0 nitrogen and oxygen atoms in total. The number of fused-ring (bicyclic) bond motifs is 8. The lowest BCUT2D eigenvalue weighted by Crippen LogP contribution is -2.18. The van der Waals surface area contributed by atoms with E-state index in [9.17, 15) is 0 Å². The molecular weight excluding hydrogens is 793 g/mol. The first-order chi connectivity index (χ1) is 31.1. The fraction of sp³-hybridized carbons (Fsp3) is 0.333. The Kier molecular flexibility index (Phi) is 10.3. The highest BCUT2D eigenvalue weighted by Gasteiger charge is 2.40. The molecule has 2 aliphatic rings. The quantitative estimate of drug-likeness (QED) is 0.150. The summed E-state index contributed by atoms with van der Waals surface area (Å²) in [5.41, 5.74) is 24.9. The molecule has 2 aliphatic carbocycles. The molecule has 0 heteroatoms. The van der Waals surface area contributed by atoms with Crippen LogP contribution >= 0.6 is 0 Å². The van der Waals surface area contributed by atoms with E-state index in [2.05, 4.69) is 230 Å². The van der Waals surface area contributed by atoms with Crippen molar-refractivity contribution in [3.05, 3.63) is 178 Å². The van der Waals surface area contributed by atoms with Crippen molar-refractivity contribution < 1.29 is 0 Å². The van der Waals surface area contributed by atoms with Crippen LogP contribution in [-0.4, -0.2) is 0 Å². The van der Waals surface area contributed by atoms with E-state index < -0.39 is 0 Å². The maximum atomic E-state index is 2.52. The Labute approximate surface area is 396 Å². The minimum absolute atomic E-state index is 0.0311. The van der Waals surface area contributed by atoms with E-state index >= 15 is 0 Å². The normalized spacial score (nSPS) is 14.8. The summed E-state index contributed by atoms with van der Waals surface area (Å²) in [4.78, 5) is 0. The van der Waals surface area contributed by atoms with Crippen LogP contribution in [0.2, 0.25) is 0 Å². The minimum Gasteiger partial charge on any atom is -0.0625 e. The van der Waals surface area contributed by atoms with E-state index in [0.29, 0.717) is 11.8 Å². The third-order valence-corrected chi connectivity index (χ3v) is 15.3. The summed E-state index contributed by atoms with van der Waals surface area (Å²) in [5, 5.41) is 5.08. The summed E-state index contributed by atoms with van der Waals surface area (Å²) < 4.78 is 0. The Bertz CT molecular complexity index is 3250. The van der Waals surface area contributed by atoms with Gasteiger partial charge >= 0.3 is 0 Å². The molecular formula is C66H70. The SMILES string of the molecule is CC(C)Cc1ccc2c(c1)C(C)(C)c1cc(C(C)(C)C)cc(-c3ccc4cc(-c5ccc6cc(-c7cc(CC(C)C)cc8c7-c7ccc(C(C)(C)C)cc7C8(C)C)ccc6c5)ccc4c3)c1-2. The molecule has 0 unspecified atom stereocenters. The zero-order valence-corrected chi connectivity index (χ0v) is 42.3. The molecule has 0 amide bonds. The van der Waals surface area contributed by atoms with Gasteiger partial charge in [-0.1, -0.05) is 200 Å². The van der Waals surface area contributed by atoms with E-state index in [-0.39, 0.29) is 21.7 Å². The van der Waals surface area contributed by atoms with E-state index in [1.54, 1.807) is 0 Å². The fourth-order valence-corrected chi connectivity index (χ4v) is 11.5. The van der Waals surface area contributed by atoms with Crippen LogP contribution in [0.1, 0.15) is 141 Å². The summed E-state index contributed by atoms with van der Waals surface area (Å²) in [6.07, 6.45) is 2.18. The van der Waals surface area contributed by atoms with Crippen LogP contribution in [0, 0.1) is 11.8 Å². The van der Waals surface area contributed by atoms with Crippen LogP contribution in [-0.2, 0) is 34.5 Å². The maximum absolute atomic E-state index is 2.52.